The number of para-hydroxylation sites is 1. The number of hydrogen-bond acceptors (Lipinski definition) is 9. The number of hydrogen-bond donors (Lipinski definition) is 3. The van der Waals surface area contributed by atoms with Crippen LogP contribution in [-0.4, -0.2) is 63.6 Å². The fourth-order valence-electron chi connectivity index (χ4n) is 5.69. The van der Waals surface area contributed by atoms with Gasteiger partial charge in [-0.05, 0) is 48.8 Å². The smallest absolute Gasteiger partial charge is 0.342 e. The summed E-state index contributed by atoms with van der Waals surface area (Å²) in [5.74, 6) is -3.30. The quantitative estimate of drug-likeness (QED) is 0.226. The summed E-state index contributed by atoms with van der Waals surface area (Å²) in [6, 6.07) is 5.98. The number of carbonyl (C=O) groups is 4. The van der Waals surface area contributed by atoms with Gasteiger partial charge in [-0.2, -0.15) is 0 Å². The number of carboxylic acid groups (broad SMARTS) is 1. The molecular formula is C32H42O10. The van der Waals surface area contributed by atoms with Gasteiger partial charge < -0.3 is 29.5 Å². The highest BCUT2D eigenvalue weighted by Crippen LogP contribution is 2.44. The van der Waals surface area contributed by atoms with Crippen molar-refractivity contribution in [2.75, 3.05) is 0 Å². The summed E-state index contributed by atoms with van der Waals surface area (Å²) in [5, 5.41) is 30.8. The second-order valence-corrected chi connectivity index (χ2v) is 11.3. The van der Waals surface area contributed by atoms with E-state index in [-0.39, 0.29) is 47.4 Å². The fraction of sp³-hybridized carbons (Fsp3) is 0.562. The van der Waals surface area contributed by atoms with E-state index in [0.717, 1.165) is 5.57 Å². The van der Waals surface area contributed by atoms with E-state index in [9.17, 15) is 34.5 Å². The van der Waals surface area contributed by atoms with Crippen LogP contribution in [0.5, 0.6) is 5.75 Å². The molecule has 0 amide bonds. The number of aliphatic hydroxyl groups is 2. The zero-order valence-electron chi connectivity index (χ0n) is 24.6. The Morgan fingerprint density at radius 2 is 1.86 bits per heavy atom. The van der Waals surface area contributed by atoms with Crippen molar-refractivity contribution in [1.29, 1.82) is 0 Å². The molecule has 0 saturated carbocycles. The Hall–Kier alpha value is -3.50. The Morgan fingerprint density at radius 3 is 2.52 bits per heavy atom. The van der Waals surface area contributed by atoms with Gasteiger partial charge in [0.1, 0.15) is 23.5 Å². The Labute approximate surface area is 246 Å². The summed E-state index contributed by atoms with van der Waals surface area (Å²) in [7, 11) is 0. The average Bonchev–Trinajstić information content (AvgIpc) is 2.91. The molecule has 2 aliphatic carbocycles. The number of allylic oxidation sites excluding steroid dienone is 2. The maximum absolute atomic E-state index is 12.9. The largest absolute Gasteiger partial charge is 0.481 e. The van der Waals surface area contributed by atoms with Crippen LogP contribution in [0.3, 0.4) is 0 Å². The van der Waals surface area contributed by atoms with E-state index < -0.39 is 48.7 Å². The Balaban J connectivity index is 1.70. The van der Waals surface area contributed by atoms with Crippen LogP contribution in [0.1, 0.15) is 76.6 Å². The van der Waals surface area contributed by atoms with Crippen molar-refractivity contribution in [3.63, 3.8) is 0 Å². The first kappa shape index (κ1) is 33.0. The molecule has 8 atom stereocenters. The molecule has 0 saturated heterocycles. The number of fused-ring (bicyclic) bond motifs is 1. The first-order chi connectivity index (χ1) is 19.9. The van der Waals surface area contributed by atoms with Crippen LogP contribution < -0.4 is 4.74 Å². The molecule has 0 aliphatic heterocycles. The molecule has 0 heterocycles. The van der Waals surface area contributed by atoms with E-state index in [1.807, 2.05) is 26.0 Å². The minimum atomic E-state index is -1.19. The molecule has 0 aromatic heterocycles. The molecular weight excluding hydrogens is 544 g/mol. The Bertz CT molecular complexity index is 1190. The molecule has 10 heteroatoms. The molecule has 0 unspecified atom stereocenters. The van der Waals surface area contributed by atoms with E-state index in [2.05, 4.69) is 6.92 Å². The highest BCUT2D eigenvalue weighted by atomic mass is 16.6. The summed E-state index contributed by atoms with van der Waals surface area (Å²) in [6.07, 6.45) is 3.60. The summed E-state index contributed by atoms with van der Waals surface area (Å²) in [5.41, 5.74) is 0.870. The highest BCUT2D eigenvalue weighted by molar-refractivity contribution is 5.93. The van der Waals surface area contributed by atoms with Crippen LogP contribution in [0, 0.1) is 23.7 Å². The third-order valence-electron chi connectivity index (χ3n) is 8.06. The lowest BCUT2D eigenvalue weighted by molar-refractivity contribution is -0.159. The van der Waals surface area contributed by atoms with Gasteiger partial charge in [-0.25, -0.2) is 4.79 Å². The van der Waals surface area contributed by atoms with Gasteiger partial charge in [0.25, 0.3) is 0 Å². The van der Waals surface area contributed by atoms with Crippen molar-refractivity contribution >= 4 is 23.9 Å². The molecule has 0 spiro atoms. The molecule has 0 radical (unpaired) electrons. The molecule has 10 nitrogen and oxygen atoms in total. The van der Waals surface area contributed by atoms with Crippen LogP contribution in [0.2, 0.25) is 0 Å². The number of aliphatic hydroxyl groups excluding tert-OH is 2. The lowest BCUT2D eigenvalue weighted by Gasteiger charge is -2.43. The highest BCUT2D eigenvalue weighted by Gasteiger charge is 2.42. The van der Waals surface area contributed by atoms with Crippen LogP contribution in [0.25, 0.3) is 0 Å². The predicted molar refractivity (Wildman–Crippen MR) is 152 cm³/mol. The maximum Gasteiger partial charge on any atom is 0.342 e. The van der Waals surface area contributed by atoms with Gasteiger partial charge in [0, 0.05) is 25.7 Å². The Kier molecular flexibility index (Phi) is 11.9. The standard InChI is InChI=1S/C32H42O10/c1-5-18(2)31(38)42-28-16-23(35)14-21-11-10-19(3)25(30(21)28)13-12-22(34)15-24(17-29(36)37)41-32(39)26-8-6-7-9-27(26)40-20(4)33/h6-11,14,18-19,22-25,28,30,34-35H,5,12-13,15-17H2,1-4H3,(H,36,37)/t18-,19-,22+,23+,24+,25-,28-,30-/m0/s1. The number of ether oxygens (including phenoxy) is 3. The number of rotatable bonds is 13. The summed E-state index contributed by atoms with van der Waals surface area (Å²) in [6.45, 7) is 6.97. The fourth-order valence-corrected chi connectivity index (χ4v) is 5.69. The zero-order valence-corrected chi connectivity index (χ0v) is 24.6. The van der Waals surface area contributed by atoms with E-state index in [1.54, 1.807) is 18.2 Å². The first-order valence-electron chi connectivity index (χ1n) is 14.6. The van der Waals surface area contributed by atoms with Crippen molar-refractivity contribution in [3.8, 4) is 5.75 Å². The van der Waals surface area contributed by atoms with Gasteiger partial charge in [0.2, 0.25) is 0 Å². The van der Waals surface area contributed by atoms with Gasteiger partial charge in [0.15, 0.2) is 0 Å². The number of aliphatic carboxylic acids is 1. The van der Waals surface area contributed by atoms with Gasteiger partial charge in [0.05, 0.1) is 24.5 Å². The normalized spacial score (nSPS) is 25.3. The van der Waals surface area contributed by atoms with Gasteiger partial charge in [-0.3, -0.25) is 14.4 Å². The number of carboxylic acids is 1. The molecule has 0 bridgehead atoms. The van der Waals surface area contributed by atoms with Crippen LogP contribution in [0.4, 0.5) is 0 Å². The predicted octanol–water partition coefficient (Wildman–Crippen LogP) is 4.23. The van der Waals surface area contributed by atoms with Crippen molar-refractivity contribution in [3.05, 3.63) is 53.6 Å². The monoisotopic (exact) mass is 586 g/mol. The molecule has 0 fully saturated rings. The molecule has 1 aromatic carbocycles. The average molecular weight is 587 g/mol. The van der Waals surface area contributed by atoms with E-state index in [0.29, 0.717) is 25.7 Å². The number of esters is 3. The van der Waals surface area contributed by atoms with E-state index >= 15 is 0 Å². The topological polar surface area (TPSA) is 157 Å². The molecule has 3 N–H and O–H groups in total. The summed E-state index contributed by atoms with van der Waals surface area (Å²) in [4.78, 5) is 48.5. The second kappa shape index (κ2) is 15.1. The molecule has 3 rings (SSSR count). The summed E-state index contributed by atoms with van der Waals surface area (Å²) < 4.78 is 16.4. The van der Waals surface area contributed by atoms with Crippen LogP contribution >= 0.6 is 0 Å². The molecule has 230 valence electrons. The molecule has 2 aliphatic rings. The van der Waals surface area contributed by atoms with Crippen LogP contribution in [0.15, 0.2) is 48.1 Å². The lowest BCUT2D eigenvalue weighted by atomic mass is 9.66. The minimum absolute atomic E-state index is 0.00536. The van der Waals surface area contributed by atoms with Gasteiger partial charge in [-0.1, -0.05) is 51.1 Å². The third-order valence-corrected chi connectivity index (χ3v) is 8.06. The van der Waals surface area contributed by atoms with Crippen LogP contribution in [-0.2, 0) is 23.9 Å². The molecule has 42 heavy (non-hydrogen) atoms. The Morgan fingerprint density at radius 1 is 1.14 bits per heavy atom. The van der Waals surface area contributed by atoms with Crippen molar-refractivity contribution < 1.29 is 48.7 Å². The SMILES string of the molecule is CC[C@H](C)C(=O)O[C@H]1C[C@H](O)C=C2C=C[C@H](C)[C@H](CC[C@@H](O)C[C@H](CC(=O)O)OC(=O)c3ccccc3OC(C)=O)[C@H]21. The van der Waals surface area contributed by atoms with Gasteiger partial charge >= 0.3 is 23.9 Å². The van der Waals surface area contributed by atoms with Crippen molar-refractivity contribution in [1.82, 2.24) is 0 Å². The molecule has 1 aromatic rings. The number of carbonyl (C=O) groups excluding carboxylic acids is 3. The van der Waals surface area contributed by atoms with Crippen molar-refractivity contribution in [2.24, 2.45) is 23.7 Å². The minimum Gasteiger partial charge on any atom is -0.481 e. The number of benzene rings is 1. The summed E-state index contributed by atoms with van der Waals surface area (Å²) >= 11 is 0. The zero-order chi connectivity index (χ0) is 31.0. The third kappa shape index (κ3) is 9.00. The second-order valence-electron chi connectivity index (χ2n) is 11.3. The van der Waals surface area contributed by atoms with Crippen molar-refractivity contribution in [2.45, 2.75) is 90.6 Å². The van der Waals surface area contributed by atoms with E-state index in [1.165, 1.54) is 19.1 Å². The van der Waals surface area contributed by atoms with E-state index in [4.69, 9.17) is 14.2 Å². The van der Waals surface area contributed by atoms with Gasteiger partial charge in [-0.15, -0.1) is 0 Å². The maximum atomic E-state index is 12.9. The lowest BCUT2D eigenvalue weighted by Crippen LogP contribution is -2.43. The first-order valence-corrected chi connectivity index (χ1v) is 14.6.